The monoisotopic (exact) mass is 323 g/mol. The summed E-state index contributed by atoms with van der Waals surface area (Å²) >= 11 is 0. The van der Waals surface area contributed by atoms with Crippen LogP contribution in [0.2, 0.25) is 0 Å². The molecule has 1 aromatic heterocycles. The first kappa shape index (κ1) is 17.8. The predicted molar refractivity (Wildman–Crippen MR) is 88.6 cm³/mol. The van der Waals surface area contributed by atoms with Crippen molar-refractivity contribution in [2.45, 2.75) is 78.0 Å². The van der Waals surface area contributed by atoms with Gasteiger partial charge in [-0.25, -0.2) is 4.79 Å². The second kappa shape index (κ2) is 6.15. The fourth-order valence-electron chi connectivity index (χ4n) is 3.54. The van der Waals surface area contributed by atoms with Gasteiger partial charge in [0.2, 0.25) is 0 Å². The summed E-state index contributed by atoms with van der Waals surface area (Å²) in [6.07, 6.45) is 0.798. The van der Waals surface area contributed by atoms with Crippen molar-refractivity contribution in [3.63, 3.8) is 0 Å². The molecule has 0 bridgehead atoms. The molecule has 2 rings (SSSR count). The minimum atomic E-state index is -0.367. The van der Waals surface area contributed by atoms with Crippen LogP contribution >= 0.6 is 0 Å². The normalized spacial score (nSPS) is 23.5. The second-order valence-electron chi connectivity index (χ2n) is 7.72. The van der Waals surface area contributed by atoms with E-state index in [9.17, 15) is 4.79 Å². The van der Waals surface area contributed by atoms with Gasteiger partial charge in [-0.1, -0.05) is 12.1 Å². The number of carbonyl (C=O) groups excluding carboxylic acids is 1. The molecule has 130 valence electrons. The van der Waals surface area contributed by atoms with E-state index in [1.54, 1.807) is 0 Å². The van der Waals surface area contributed by atoms with Gasteiger partial charge in [0.1, 0.15) is 5.76 Å². The first-order valence-corrected chi connectivity index (χ1v) is 8.19. The fourth-order valence-corrected chi connectivity index (χ4v) is 3.54. The van der Waals surface area contributed by atoms with E-state index in [0.717, 1.165) is 23.4 Å². The summed E-state index contributed by atoms with van der Waals surface area (Å²) in [7, 11) is 0. The molecule has 2 amide bonds. The molecule has 2 N–H and O–H groups in total. The van der Waals surface area contributed by atoms with Gasteiger partial charge < -0.3 is 19.9 Å². The van der Waals surface area contributed by atoms with E-state index in [1.165, 1.54) is 0 Å². The number of ether oxygens (including phenoxy) is 1. The van der Waals surface area contributed by atoms with E-state index in [2.05, 4.69) is 22.7 Å². The average molecular weight is 323 g/mol. The average Bonchev–Trinajstić information content (AvgIpc) is 2.83. The summed E-state index contributed by atoms with van der Waals surface area (Å²) in [6, 6.07) is -0.171. The minimum Gasteiger partial charge on any atom is -0.367 e. The van der Waals surface area contributed by atoms with Crippen LogP contribution in [-0.4, -0.2) is 35.0 Å². The molecule has 0 unspecified atom stereocenters. The van der Waals surface area contributed by atoms with Gasteiger partial charge in [-0.2, -0.15) is 0 Å². The molecule has 2 heterocycles. The van der Waals surface area contributed by atoms with Crippen LogP contribution in [0.4, 0.5) is 4.79 Å². The molecule has 1 aromatic rings. The van der Waals surface area contributed by atoms with E-state index in [4.69, 9.17) is 9.26 Å². The van der Waals surface area contributed by atoms with Crippen LogP contribution < -0.4 is 10.6 Å². The number of amides is 2. The Hall–Kier alpha value is -1.56. The third-order valence-corrected chi connectivity index (χ3v) is 4.53. The van der Waals surface area contributed by atoms with Crippen molar-refractivity contribution in [3.05, 3.63) is 17.0 Å². The van der Waals surface area contributed by atoms with Gasteiger partial charge in [0, 0.05) is 18.0 Å². The molecule has 0 radical (unpaired) electrons. The Balaban J connectivity index is 1.89. The van der Waals surface area contributed by atoms with Crippen molar-refractivity contribution >= 4 is 6.03 Å². The number of nitrogens with zero attached hydrogens (tertiary/aromatic N) is 1. The highest BCUT2D eigenvalue weighted by molar-refractivity contribution is 5.74. The lowest BCUT2D eigenvalue weighted by Gasteiger charge is -2.27. The van der Waals surface area contributed by atoms with Crippen molar-refractivity contribution in [2.24, 2.45) is 0 Å². The number of rotatable bonds is 4. The van der Waals surface area contributed by atoms with Gasteiger partial charge in [0.15, 0.2) is 0 Å². The van der Waals surface area contributed by atoms with Crippen molar-refractivity contribution < 1.29 is 14.1 Å². The van der Waals surface area contributed by atoms with Crippen LogP contribution in [-0.2, 0) is 4.74 Å². The topological polar surface area (TPSA) is 76.4 Å². The maximum Gasteiger partial charge on any atom is 0.315 e. The van der Waals surface area contributed by atoms with Crippen LogP contribution in [0.1, 0.15) is 64.0 Å². The number of aryl methyl sites for hydroxylation is 2. The Morgan fingerprint density at radius 1 is 1.35 bits per heavy atom. The molecule has 1 aliphatic rings. The van der Waals surface area contributed by atoms with Crippen LogP contribution in [0.25, 0.3) is 0 Å². The quantitative estimate of drug-likeness (QED) is 0.893. The molecular weight excluding hydrogens is 294 g/mol. The molecule has 1 fully saturated rings. The third-order valence-electron chi connectivity index (χ3n) is 4.53. The Morgan fingerprint density at radius 2 is 2.00 bits per heavy atom. The minimum absolute atomic E-state index is 0.00753. The van der Waals surface area contributed by atoms with Crippen LogP contribution in [0.5, 0.6) is 0 Å². The number of carbonyl (C=O) groups is 1. The Bertz CT molecular complexity index is 558. The van der Waals surface area contributed by atoms with Gasteiger partial charge in [-0.3, -0.25) is 0 Å². The molecule has 0 spiro atoms. The van der Waals surface area contributed by atoms with Crippen molar-refractivity contribution in [1.82, 2.24) is 15.8 Å². The zero-order valence-corrected chi connectivity index (χ0v) is 15.2. The molecule has 0 aliphatic carbocycles. The largest absolute Gasteiger partial charge is 0.367 e. The Labute approximate surface area is 138 Å². The second-order valence-corrected chi connectivity index (χ2v) is 7.72. The van der Waals surface area contributed by atoms with Gasteiger partial charge in [0.25, 0.3) is 0 Å². The van der Waals surface area contributed by atoms with Gasteiger partial charge in [-0.15, -0.1) is 0 Å². The van der Waals surface area contributed by atoms with Crippen LogP contribution in [0.15, 0.2) is 4.52 Å². The first-order chi connectivity index (χ1) is 10.5. The van der Waals surface area contributed by atoms with Gasteiger partial charge in [0.05, 0.1) is 22.9 Å². The summed E-state index contributed by atoms with van der Waals surface area (Å²) in [6.45, 7) is 14.5. The maximum absolute atomic E-state index is 12.2. The standard InChI is InChI=1S/C17H29N3O3/c1-10(14-11(2)20-22-12(14)3)9-18-15(21)19-13-8-16(4,5)23-17(13,6)7/h10,13H,8-9H2,1-7H3,(H2,18,19,21)/t10-,13-/m1/s1. The summed E-state index contributed by atoms with van der Waals surface area (Å²) in [4.78, 5) is 12.2. The zero-order valence-electron chi connectivity index (χ0n) is 15.2. The predicted octanol–water partition coefficient (Wildman–Crippen LogP) is 3.04. The molecule has 1 aliphatic heterocycles. The van der Waals surface area contributed by atoms with E-state index >= 15 is 0 Å². The summed E-state index contributed by atoms with van der Waals surface area (Å²) in [5.74, 6) is 0.959. The number of hydrogen-bond donors (Lipinski definition) is 2. The van der Waals surface area contributed by atoms with E-state index in [1.807, 2.05) is 41.5 Å². The number of hydrogen-bond acceptors (Lipinski definition) is 4. The molecule has 6 nitrogen and oxygen atoms in total. The maximum atomic E-state index is 12.2. The number of urea groups is 1. The van der Waals surface area contributed by atoms with Crippen LogP contribution in [0, 0.1) is 13.8 Å². The number of nitrogens with one attached hydrogen (secondary N) is 2. The van der Waals surface area contributed by atoms with Crippen molar-refractivity contribution in [3.8, 4) is 0 Å². The summed E-state index contributed by atoms with van der Waals surface area (Å²) in [5, 5.41) is 9.95. The highest BCUT2D eigenvalue weighted by Crippen LogP contribution is 2.37. The molecule has 2 atom stereocenters. The molecule has 6 heteroatoms. The summed E-state index contributed by atoms with van der Waals surface area (Å²) < 4.78 is 11.2. The SMILES string of the molecule is Cc1noc(C)c1[C@H](C)CNC(=O)N[C@@H]1CC(C)(C)OC1(C)C. The van der Waals surface area contributed by atoms with E-state index in [-0.39, 0.29) is 29.2 Å². The third kappa shape index (κ3) is 4.05. The summed E-state index contributed by atoms with van der Waals surface area (Å²) in [5.41, 5.74) is 1.36. The molecular formula is C17H29N3O3. The highest BCUT2D eigenvalue weighted by atomic mass is 16.5. The van der Waals surface area contributed by atoms with Crippen molar-refractivity contribution in [1.29, 1.82) is 0 Å². The highest BCUT2D eigenvalue weighted by Gasteiger charge is 2.46. The van der Waals surface area contributed by atoms with Gasteiger partial charge in [-0.05, 0) is 48.0 Å². The lowest BCUT2D eigenvalue weighted by Crippen LogP contribution is -2.50. The Kier molecular flexibility index (Phi) is 4.76. The van der Waals surface area contributed by atoms with Gasteiger partial charge >= 0.3 is 6.03 Å². The fraction of sp³-hybridized carbons (Fsp3) is 0.765. The smallest absolute Gasteiger partial charge is 0.315 e. The molecule has 0 saturated carbocycles. The number of aromatic nitrogens is 1. The molecule has 23 heavy (non-hydrogen) atoms. The van der Waals surface area contributed by atoms with E-state index in [0.29, 0.717) is 6.54 Å². The zero-order chi connectivity index (χ0) is 17.4. The van der Waals surface area contributed by atoms with Crippen LogP contribution in [0.3, 0.4) is 0 Å². The van der Waals surface area contributed by atoms with Crippen molar-refractivity contribution in [2.75, 3.05) is 6.54 Å². The molecule has 1 saturated heterocycles. The Morgan fingerprint density at radius 3 is 2.48 bits per heavy atom. The lowest BCUT2D eigenvalue weighted by atomic mass is 9.94. The first-order valence-electron chi connectivity index (χ1n) is 8.19. The van der Waals surface area contributed by atoms with E-state index < -0.39 is 0 Å². The lowest BCUT2D eigenvalue weighted by molar-refractivity contribution is -0.0690. The molecule has 0 aromatic carbocycles.